The molecular weight excluding hydrogens is 1850 g/mol. The molecule has 0 saturated heterocycles. The number of pyridine rings is 6. The first-order valence-corrected chi connectivity index (χ1v) is 56.2. The number of hydrogen-bond donors (Lipinski definition) is 6. The molecule has 6 aromatic heterocycles. The second-order valence-corrected chi connectivity index (χ2v) is 44.1. The van der Waals surface area contributed by atoms with Gasteiger partial charge in [0, 0.05) is 123 Å². The number of nitrogens with zero attached hydrogens (tertiary/aromatic N) is 6. The van der Waals surface area contributed by atoms with Crippen LogP contribution in [0, 0.1) is 11.8 Å². The SMILES string of the molecule is CC(C)=CCn1c2c(cc(C(=O)NC(C)C)c1=O)CCCCCC2.CC(C)CCn1c2c(cc(C(=O)NC(C)C)c1=O)CCCCCC2.CC(C)NC(=O)c1cc2c(n(CC3CCCCC3)c1=O)CCCCCC2.CC(C)NC(=O)c1cc2c(n(CCCC(F)(F)F)c1=O)CCCCCC2.CCCCn1c2c(cc(C(=O)NC(C)C)c1=O)CCCCCC2.COCCn1c2c(cc(C(=O)NC(C)C)c1=O)CCCCCC2. The summed E-state index contributed by atoms with van der Waals surface area (Å²) >= 11 is 0. The van der Waals surface area contributed by atoms with Crippen molar-refractivity contribution in [3.05, 3.63) is 211 Å². The van der Waals surface area contributed by atoms with Gasteiger partial charge in [0.2, 0.25) is 0 Å². The number of rotatable bonds is 28. The summed E-state index contributed by atoms with van der Waals surface area (Å²) in [6, 6.07) is 11.0. The summed E-state index contributed by atoms with van der Waals surface area (Å²) in [4.78, 5) is 152. The molecule has 13 rings (SSSR count). The number of alkyl halides is 3. The molecule has 0 aromatic carbocycles. The number of aromatic nitrogens is 6. The number of carbonyl (C=O) groups is 6. The van der Waals surface area contributed by atoms with Crippen LogP contribution in [0.3, 0.4) is 0 Å². The molecule has 1 saturated carbocycles. The zero-order chi connectivity index (χ0) is 107. The first-order valence-electron chi connectivity index (χ1n) is 56.2. The number of fused-ring (bicyclic) bond motifs is 6. The van der Waals surface area contributed by atoms with E-state index in [-0.39, 0.29) is 123 Å². The highest BCUT2D eigenvalue weighted by molar-refractivity contribution is 5.97. The van der Waals surface area contributed by atoms with Crippen molar-refractivity contribution < 1.29 is 46.7 Å². The number of allylic oxidation sites excluding steroid dienone is 2. The largest absolute Gasteiger partial charge is 0.389 e. The average Bonchev–Trinajstić information content (AvgIpc) is 0.817. The predicted octanol–water partition coefficient (Wildman–Crippen LogP) is 21.3. The van der Waals surface area contributed by atoms with E-state index in [1.165, 1.54) is 146 Å². The van der Waals surface area contributed by atoms with Gasteiger partial charge in [0.25, 0.3) is 68.8 Å². The zero-order valence-electron chi connectivity index (χ0n) is 92.3. The van der Waals surface area contributed by atoms with Gasteiger partial charge in [0.1, 0.15) is 33.4 Å². The lowest BCUT2D eigenvalue weighted by molar-refractivity contribution is -0.136. The van der Waals surface area contributed by atoms with Gasteiger partial charge >= 0.3 is 6.18 Å². The van der Waals surface area contributed by atoms with Crippen LogP contribution in [-0.4, -0.2) is 119 Å². The van der Waals surface area contributed by atoms with Crippen molar-refractivity contribution >= 4 is 35.4 Å². The lowest BCUT2D eigenvalue weighted by Crippen LogP contribution is -2.39. The quantitative estimate of drug-likeness (QED) is 0.0249. The Morgan fingerprint density at radius 3 is 0.815 bits per heavy atom. The van der Waals surface area contributed by atoms with E-state index < -0.39 is 24.1 Å². The molecule has 0 spiro atoms. The lowest BCUT2D eigenvalue weighted by atomic mass is 9.88. The fraction of sp³-hybridized carbons (Fsp3) is 0.678. The average molecular weight is 2030 g/mol. The molecule has 1 fully saturated rings. The van der Waals surface area contributed by atoms with E-state index >= 15 is 0 Å². The zero-order valence-corrected chi connectivity index (χ0v) is 92.3. The van der Waals surface area contributed by atoms with Crippen LogP contribution in [0.4, 0.5) is 13.2 Å². The van der Waals surface area contributed by atoms with Gasteiger partial charge in [0.15, 0.2) is 0 Å². The second kappa shape index (κ2) is 61.8. The summed E-state index contributed by atoms with van der Waals surface area (Å²) in [6.07, 6.45) is 44.5. The minimum atomic E-state index is -4.25. The Morgan fingerprint density at radius 2 is 0.562 bits per heavy atom. The summed E-state index contributed by atoms with van der Waals surface area (Å²) in [5.74, 6) is -0.564. The molecule has 6 amide bonds. The number of aryl methyl sites for hydroxylation is 6. The summed E-state index contributed by atoms with van der Waals surface area (Å²) in [5.41, 5.74) is 15.0. The maximum absolute atomic E-state index is 13.2. The van der Waals surface area contributed by atoms with E-state index in [2.05, 4.69) is 58.7 Å². The van der Waals surface area contributed by atoms with Crippen LogP contribution in [0.1, 0.15) is 466 Å². The Bertz CT molecular complexity index is 5560. The molecule has 25 nitrogen and oxygen atoms in total. The molecule has 6 N–H and O–H groups in total. The third-order valence-electron chi connectivity index (χ3n) is 28.5. The van der Waals surface area contributed by atoms with Gasteiger partial charge in [-0.05, 0) is 365 Å². The molecule has 6 heterocycles. The van der Waals surface area contributed by atoms with Crippen molar-refractivity contribution in [3.63, 3.8) is 0 Å². The topological polar surface area (TPSA) is 316 Å². The fourth-order valence-corrected chi connectivity index (χ4v) is 21.0. The summed E-state index contributed by atoms with van der Waals surface area (Å²) in [6.45, 7) is 37.0. The number of amides is 6. The van der Waals surface area contributed by atoms with E-state index in [1.807, 2.05) is 132 Å². The van der Waals surface area contributed by atoms with Crippen LogP contribution < -0.4 is 65.3 Å². The van der Waals surface area contributed by atoms with Crippen LogP contribution in [0.15, 0.2) is 76.8 Å². The van der Waals surface area contributed by atoms with E-state index in [4.69, 9.17) is 4.74 Å². The predicted molar refractivity (Wildman–Crippen MR) is 583 cm³/mol. The molecule has 0 aliphatic heterocycles. The summed E-state index contributed by atoms with van der Waals surface area (Å²) in [7, 11) is 1.63. The van der Waals surface area contributed by atoms with Gasteiger partial charge in [-0.3, -0.25) is 57.5 Å². The molecular formula is C118H181F3N12O13. The van der Waals surface area contributed by atoms with Crippen molar-refractivity contribution in [3.8, 4) is 0 Å². The molecule has 0 bridgehead atoms. The Balaban J connectivity index is 0.000000214. The number of hydrogen-bond acceptors (Lipinski definition) is 13. The number of nitrogens with one attached hydrogen (secondary N) is 6. The first-order chi connectivity index (χ1) is 69.6. The van der Waals surface area contributed by atoms with Crippen molar-refractivity contribution in [1.82, 2.24) is 59.3 Å². The van der Waals surface area contributed by atoms with Crippen LogP contribution in [0.5, 0.6) is 0 Å². The van der Waals surface area contributed by atoms with Crippen molar-refractivity contribution in [2.45, 2.75) is 495 Å². The Kier molecular flexibility index (Phi) is 51.3. The third-order valence-corrected chi connectivity index (χ3v) is 28.5. The normalized spacial score (nSPS) is 15.7. The molecule has 146 heavy (non-hydrogen) atoms. The van der Waals surface area contributed by atoms with E-state index in [9.17, 15) is 70.7 Å². The second-order valence-electron chi connectivity index (χ2n) is 44.1. The minimum Gasteiger partial charge on any atom is -0.383 e. The molecule has 7 aliphatic carbocycles. The molecule has 6 aromatic rings. The van der Waals surface area contributed by atoms with Gasteiger partial charge in [-0.2, -0.15) is 13.2 Å². The Hall–Kier alpha value is -9.99. The van der Waals surface area contributed by atoms with Crippen molar-refractivity contribution in [1.29, 1.82) is 0 Å². The molecule has 812 valence electrons. The number of carbonyl (C=O) groups excluding carboxylic acids is 6. The fourth-order valence-electron chi connectivity index (χ4n) is 21.0. The van der Waals surface area contributed by atoms with Crippen LogP contribution in [0.2, 0.25) is 0 Å². The van der Waals surface area contributed by atoms with Crippen LogP contribution in [-0.2, 0) is 121 Å². The van der Waals surface area contributed by atoms with Crippen molar-refractivity contribution in [2.75, 3.05) is 13.7 Å². The Labute approximate surface area is 868 Å². The monoisotopic (exact) mass is 2030 g/mol. The van der Waals surface area contributed by atoms with Gasteiger partial charge in [-0.15, -0.1) is 0 Å². The van der Waals surface area contributed by atoms with E-state index in [0.717, 1.165) is 221 Å². The van der Waals surface area contributed by atoms with Gasteiger partial charge in [-0.1, -0.05) is 135 Å². The highest BCUT2D eigenvalue weighted by Gasteiger charge is 2.32. The molecule has 7 aliphatic rings. The number of ether oxygens (including phenoxy) is 1. The van der Waals surface area contributed by atoms with Crippen molar-refractivity contribution in [2.24, 2.45) is 11.8 Å². The van der Waals surface area contributed by atoms with Crippen LogP contribution in [0.25, 0.3) is 0 Å². The Morgan fingerprint density at radius 1 is 0.329 bits per heavy atom. The maximum Gasteiger partial charge on any atom is 0.389 e. The number of methoxy groups -OCH3 is 1. The highest BCUT2D eigenvalue weighted by Crippen LogP contribution is 2.32. The molecule has 0 atom stereocenters. The summed E-state index contributed by atoms with van der Waals surface area (Å²) < 4.78 is 53.5. The van der Waals surface area contributed by atoms with Gasteiger partial charge < -0.3 is 64.0 Å². The number of halogens is 3. The van der Waals surface area contributed by atoms with Crippen LogP contribution >= 0.6 is 0 Å². The number of unbranched alkanes of at least 4 members (excludes halogenated alkanes) is 1. The van der Waals surface area contributed by atoms with Gasteiger partial charge in [-0.25, -0.2) is 0 Å². The highest BCUT2D eigenvalue weighted by atomic mass is 19.4. The van der Waals surface area contributed by atoms with Gasteiger partial charge in [0.05, 0.1) is 6.61 Å². The smallest absolute Gasteiger partial charge is 0.383 e. The summed E-state index contributed by atoms with van der Waals surface area (Å²) in [5, 5.41) is 17.1. The maximum atomic E-state index is 13.2. The minimum absolute atomic E-state index is 0.0104. The molecule has 28 heteroatoms. The molecule has 0 unspecified atom stereocenters. The van der Waals surface area contributed by atoms with E-state index in [1.54, 1.807) is 31.6 Å². The first kappa shape index (κ1) is 121. The third kappa shape index (κ3) is 38.2. The standard InChI is InChI=1S/C22H34N2O2.C20H32N2O2.C20H30N2O2.C19H27F3N2O2.C19H30N2O2.C18H28N2O3/c1-16(2)23-21(25)19-14-18-12-8-3-4-9-13-20(18)24(22(19)26)15-17-10-6-5-7-11-17;2*1-14(2)11-12-22-18-10-8-6-5-7-9-16(18)13-17(20(22)24)19(23)21-15(3)4;1-13(2)23-17(25)15-12-14-8-5-3-4-6-9-16(14)24(18(15)26)11-7-10-19(20,21)22;1-4-5-12-21-17-11-9-7-6-8-10-15(17)13-16(19(21)23)18(22)20-14(2)3;1-13(2)19-17(21)15-12-14-8-6-4-5-7-9-16(14)20(18(15)22)10-11-23-3/h14,16-17H,3-13,15H2,1-2H3,(H,23,25);13-15H,5-12H2,1-4H3,(H,21,23);11,13,15H,5-10,12H2,1-4H3,(H,21,23);12-13H,3-11H2,1-2H3,(H,23,25);13-14H,4-12H2,1-3H3,(H,20,22);12-13H,4-11H2,1-3H3,(H,19,21). The molecule has 0 radical (unpaired) electrons. The van der Waals surface area contributed by atoms with E-state index in [0.29, 0.717) is 61.2 Å². The lowest BCUT2D eigenvalue weighted by Gasteiger charge is -2.26.